The molecule has 120 valence electrons. The lowest BCUT2D eigenvalue weighted by molar-refractivity contribution is 0.169. The van der Waals surface area contributed by atoms with Gasteiger partial charge in [0.2, 0.25) is 10.0 Å². The Labute approximate surface area is 127 Å². The first kappa shape index (κ1) is 16.5. The van der Waals surface area contributed by atoms with E-state index in [-0.39, 0.29) is 5.41 Å². The fraction of sp³-hybridized carbons (Fsp3) is 0.786. The molecule has 6 nitrogen and oxygen atoms in total. The molecule has 0 amide bonds. The third-order valence-electron chi connectivity index (χ3n) is 4.62. The van der Waals surface area contributed by atoms with Crippen molar-refractivity contribution in [3.05, 3.63) is 12.4 Å². The lowest BCUT2D eigenvalue weighted by atomic mass is 9.79. The smallest absolute Gasteiger partial charge is 0.246 e. The van der Waals surface area contributed by atoms with Crippen LogP contribution in [0.2, 0.25) is 0 Å². The molecular formula is C14H26N4O2S. The molecule has 0 unspecified atom stereocenters. The van der Waals surface area contributed by atoms with Gasteiger partial charge in [-0.25, -0.2) is 8.42 Å². The number of sulfonamides is 1. The van der Waals surface area contributed by atoms with E-state index in [9.17, 15) is 8.42 Å². The summed E-state index contributed by atoms with van der Waals surface area (Å²) in [4.78, 5) is 0.304. The van der Waals surface area contributed by atoms with Crippen LogP contribution in [0.5, 0.6) is 0 Å². The Bertz CT molecular complexity index is 559. The highest BCUT2D eigenvalue weighted by Crippen LogP contribution is 2.35. The number of nitrogens with zero attached hydrogens (tertiary/aromatic N) is 3. The van der Waals surface area contributed by atoms with Crippen molar-refractivity contribution in [2.24, 2.45) is 5.41 Å². The van der Waals surface area contributed by atoms with Crippen LogP contribution in [0.1, 0.15) is 33.1 Å². The van der Waals surface area contributed by atoms with Gasteiger partial charge < -0.3 is 5.32 Å². The molecule has 1 aromatic rings. The number of hydrogen-bond donors (Lipinski definition) is 1. The number of aromatic nitrogens is 2. The fourth-order valence-corrected chi connectivity index (χ4v) is 3.99. The van der Waals surface area contributed by atoms with Gasteiger partial charge in [0.05, 0.1) is 12.7 Å². The Morgan fingerprint density at radius 3 is 2.62 bits per heavy atom. The van der Waals surface area contributed by atoms with Crippen molar-refractivity contribution in [2.45, 2.75) is 44.6 Å². The standard InChI is InChI=1S/C14H26N4O2S/c1-4-14(2)5-8-18(9-6-14)21(19,20)13-11-16-17(12-13)10-7-15-3/h11-12,15H,4-10H2,1-3H3. The van der Waals surface area contributed by atoms with Crippen LogP contribution in [0.15, 0.2) is 17.3 Å². The second-order valence-electron chi connectivity index (χ2n) is 6.11. The number of rotatable bonds is 6. The average molecular weight is 314 g/mol. The first-order valence-corrected chi connectivity index (χ1v) is 9.02. The minimum atomic E-state index is -3.40. The van der Waals surface area contributed by atoms with E-state index in [1.54, 1.807) is 15.2 Å². The summed E-state index contributed by atoms with van der Waals surface area (Å²) < 4.78 is 28.5. The summed E-state index contributed by atoms with van der Waals surface area (Å²) in [6, 6.07) is 0. The molecule has 2 rings (SSSR count). The van der Waals surface area contributed by atoms with Crippen LogP contribution in [0.4, 0.5) is 0 Å². The molecule has 0 aromatic carbocycles. The summed E-state index contributed by atoms with van der Waals surface area (Å²) in [5.74, 6) is 0. The van der Waals surface area contributed by atoms with Crippen LogP contribution in [0.3, 0.4) is 0 Å². The largest absolute Gasteiger partial charge is 0.318 e. The van der Waals surface area contributed by atoms with E-state index < -0.39 is 10.0 Å². The molecule has 0 saturated carbocycles. The Hall–Kier alpha value is -0.920. The van der Waals surface area contributed by atoms with E-state index in [0.717, 1.165) is 25.8 Å². The Balaban J connectivity index is 2.07. The highest BCUT2D eigenvalue weighted by Gasteiger charge is 2.34. The van der Waals surface area contributed by atoms with Crippen LogP contribution in [-0.2, 0) is 16.6 Å². The van der Waals surface area contributed by atoms with Crippen molar-refractivity contribution in [1.29, 1.82) is 0 Å². The predicted molar refractivity (Wildman–Crippen MR) is 82.5 cm³/mol. The maximum atomic E-state index is 12.6. The zero-order valence-electron chi connectivity index (χ0n) is 13.2. The molecule has 1 aromatic heterocycles. The molecule has 1 saturated heterocycles. The zero-order chi connectivity index (χ0) is 15.5. The minimum absolute atomic E-state index is 0.281. The second kappa shape index (κ2) is 6.46. The van der Waals surface area contributed by atoms with Gasteiger partial charge in [0.25, 0.3) is 0 Å². The van der Waals surface area contributed by atoms with Crippen molar-refractivity contribution in [2.75, 3.05) is 26.7 Å². The Morgan fingerprint density at radius 1 is 1.38 bits per heavy atom. The lowest BCUT2D eigenvalue weighted by Crippen LogP contribution is -2.41. The van der Waals surface area contributed by atoms with Crippen molar-refractivity contribution in [1.82, 2.24) is 19.4 Å². The van der Waals surface area contributed by atoms with Gasteiger partial charge in [-0.05, 0) is 25.3 Å². The minimum Gasteiger partial charge on any atom is -0.318 e. The fourth-order valence-electron chi connectivity index (χ4n) is 2.60. The van der Waals surface area contributed by atoms with Crippen molar-refractivity contribution < 1.29 is 8.42 Å². The Morgan fingerprint density at radius 2 is 2.05 bits per heavy atom. The molecule has 1 aliphatic rings. The maximum absolute atomic E-state index is 12.6. The third-order valence-corrected chi connectivity index (χ3v) is 6.47. The van der Waals surface area contributed by atoms with Crippen LogP contribution in [-0.4, -0.2) is 49.2 Å². The number of likely N-dealkylation sites (N-methyl/N-ethyl adjacent to an activating group) is 1. The van der Waals surface area contributed by atoms with Gasteiger partial charge in [0, 0.05) is 25.8 Å². The van der Waals surface area contributed by atoms with E-state index in [1.165, 1.54) is 6.20 Å². The summed E-state index contributed by atoms with van der Waals surface area (Å²) in [5.41, 5.74) is 0.281. The number of nitrogens with one attached hydrogen (secondary N) is 1. The average Bonchev–Trinajstić information content (AvgIpc) is 2.95. The van der Waals surface area contributed by atoms with Crippen LogP contribution in [0, 0.1) is 5.41 Å². The van der Waals surface area contributed by atoms with E-state index in [2.05, 4.69) is 24.3 Å². The van der Waals surface area contributed by atoms with Crippen molar-refractivity contribution >= 4 is 10.0 Å². The lowest BCUT2D eigenvalue weighted by Gasteiger charge is -2.37. The predicted octanol–water partition coefficient (Wildman–Crippen LogP) is 1.30. The highest BCUT2D eigenvalue weighted by atomic mass is 32.2. The van der Waals surface area contributed by atoms with Crippen LogP contribution in [0.25, 0.3) is 0 Å². The molecule has 0 spiro atoms. The van der Waals surface area contributed by atoms with Gasteiger partial charge >= 0.3 is 0 Å². The van der Waals surface area contributed by atoms with Crippen LogP contribution < -0.4 is 5.32 Å². The van der Waals surface area contributed by atoms with Gasteiger partial charge in [0.15, 0.2) is 0 Å². The summed E-state index contributed by atoms with van der Waals surface area (Å²) in [6.45, 7) is 7.06. The molecule has 1 N–H and O–H groups in total. The van der Waals surface area contributed by atoms with E-state index in [0.29, 0.717) is 24.5 Å². The molecular weight excluding hydrogens is 288 g/mol. The normalized spacial score (nSPS) is 19.8. The first-order chi connectivity index (χ1) is 9.91. The van der Waals surface area contributed by atoms with Crippen LogP contribution >= 0.6 is 0 Å². The third kappa shape index (κ3) is 3.64. The molecule has 0 atom stereocenters. The van der Waals surface area contributed by atoms with Gasteiger partial charge in [-0.1, -0.05) is 20.3 Å². The number of piperidine rings is 1. The summed E-state index contributed by atoms with van der Waals surface area (Å²) in [5, 5.41) is 7.15. The highest BCUT2D eigenvalue weighted by molar-refractivity contribution is 7.89. The van der Waals surface area contributed by atoms with E-state index in [1.807, 2.05) is 7.05 Å². The van der Waals surface area contributed by atoms with Crippen molar-refractivity contribution in [3.8, 4) is 0 Å². The molecule has 2 heterocycles. The van der Waals surface area contributed by atoms with E-state index >= 15 is 0 Å². The molecule has 0 aliphatic carbocycles. The summed E-state index contributed by atoms with van der Waals surface area (Å²) >= 11 is 0. The van der Waals surface area contributed by atoms with Crippen molar-refractivity contribution in [3.63, 3.8) is 0 Å². The SMILES string of the molecule is CCC1(C)CCN(S(=O)(=O)c2cnn(CCNC)c2)CC1. The van der Waals surface area contributed by atoms with Gasteiger partial charge in [-0.2, -0.15) is 9.40 Å². The zero-order valence-corrected chi connectivity index (χ0v) is 14.0. The van der Waals surface area contributed by atoms with Gasteiger partial charge in [0.1, 0.15) is 4.90 Å². The summed E-state index contributed by atoms with van der Waals surface area (Å²) in [7, 11) is -1.53. The summed E-state index contributed by atoms with van der Waals surface area (Å²) in [6.07, 6.45) is 6.04. The molecule has 7 heteroatoms. The quantitative estimate of drug-likeness (QED) is 0.859. The van der Waals surface area contributed by atoms with Gasteiger partial charge in [-0.15, -0.1) is 0 Å². The monoisotopic (exact) mass is 314 g/mol. The molecule has 1 fully saturated rings. The second-order valence-corrected chi connectivity index (χ2v) is 8.05. The maximum Gasteiger partial charge on any atom is 0.246 e. The Kier molecular flexibility index (Phi) is 5.06. The topological polar surface area (TPSA) is 67.2 Å². The number of hydrogen-bond acceptors (Lipinski definition) is 4. The molecule has 21 heavy (non-hydrogen) atoms. The first-order valence-electron chi connectivity index (χ1n) is 7.58. The molecule has 0 bridgehead atoms. The van der Waals surface area contributed by atoms with Gasteiger partial charge in [-0.3, -0.25) is 4.68 Å². The van der Waals surface area contributed by atoms with E-state index in [4.69, 9.17) is 0 Å². The molecule has 0 radical (unpaired) electrons. The molecule has 1 aliphatic heterocycles.